The van der Waals surface area contributed by atoms with E-state index in [4.69, 9.17) is 16.3 Å². The van der Waals surface area contributed by atoms with Crippen LogP contribution in [0.1, 0.15) is 34.6 Å². The van der Waals surface area contributed by atoms with Gasteiger partial charge in [-0.05, 0) is 36.0 Å². The van der Waals surface area contributed by atoms with E-state index < -0.39 is 0 Å². The second-order valence-corrected chi connectivity index (χ2v) is 5.61. The number of carbonyl (C=O) groups is 1. The highest BCUT2D eigenvalue weighted by atomic mass is 35.5. The Kier molecular flexibility index (Phi) is 2.94. The van der Waals surface area contributed by atoms with Gasteiger partial charge in [0.25, 0.3) is 5.91 Å². The Labute approximate surface area is 111 Å². The van der Waals surface area contributed by atoms with Gasteiger partial charge in [0, 0.05) is 0 Å². The van der Waals surface area contributed by atoms with Gasteiger partial charge in [-0.15, -0.1) is 11.6 Å². The third kappa shape index (κ3) is 2.07. The van der Waals surface area contributed by atoms with Crippen molar-refractivity contribution in [1.82, 2.24) is 5.32 Å². The van der Waals surface area contributed by atoms with Crippen molar-refractivity contribution in [2.75, 3.05) is 13.2 Å². The molecule has 0 bridgehead atoms. The number of rotatable bonds is 2. The number of hydrogen-bond donors (Lipinski definition) is 1. The summed E-state index contributed by atoms with van der Waals surface area (Å²) in [5.41, 5.74) is 1.62. The number of ether oxygens (including phenoxy) is 1. The average Bonchev–Trinajstić information content (AvgIpc) is 3.12. The van der Waals surface area contributed by atoms with Gasteiger partial charge in [-0.3, -0.25) is 4.79 Å². The van der Waals surface area contributed by atoms with Crippen molar-refractivity contribution in [2.24, 2.45) is 11.8 Å². The third-order valence-corrected chi connectivity index (χ3v) is 4.34. The Balaban J connectivity index is 1.91. The topological polar surface area (TPSA) is 38.3 Å². The van der Waals surface area contributed by atoms with Gasteiger partial charge in [-0.1, -0.05) is 13.0 Å². The normalized spacial score (nSPS) is 27.6. The number of carbonyl (C=O) groups excluding carboxylic acids is 1. The van der Waals surface area contributed by atoms with E-state index in [9.17, 15) is 4.79 Å². The molecule has 1 N–H and O–H groups in total. The number of amides is 1. The van der Waals surface area contributed by atoms with Gasteiger partial charge in [0.05, 0.1) is 17.5 Å². The van der Waals surface area contributed by atoms with Gasteiger partial charge >= 0.3 is 0 Å². The molecule has 1 aromatic rings. The first kappa shape index (κ1) is 11.8. The van der Waals surface area contributed by atoms with Crippen molar-refractivity contribution in [3.63, 3.8) is 0 Å². The molecular formula is C14H16ClNO2. The van der Waals surface area contributed by atoms with Crippen molar-refractivity contribution < 1.29 is 9.53 Å². The Hall–Kier alpha value is -1.22. The molecule has 3 nitrogen and oxygen atoms in total. The zero-order chi connectivity index (χ0) is 12.7. The predicted molar refractivity (Wildman–Crippen MR) is 70.1 cm³/mol. The lowest BCUT2D eigenvalue weighted by atomic mass is 10.0. The number of halogens is 1. The Morgan fingerprint density at radius 3 is 3.00 bits per heavy atom. The highest BCUT2D eigenvalue weighted by molar-refractivity contribution is 6.21. The fourth-order valence-corrected chi connectivity index (χ4v) is 2.94. The van der Waals surface area contributed by atoms with Gasteiger partial charge in [0.2, 0.25) is 0 Å². The van der Waals surface area contributed by atoms with Crippen LogP contribution in [0.4, 0.5) is 0 Å². The molecule has 4 heteroatoms. The number of nitrogens with one attached hydrogen (secondary N) is 1. The number of fused-ring (bicyclic) bond motifs is 1. The molecule has 1 heterocycles. The van der Waals surface area contributed by atoms with E-state index in [0.29, 0.717) is 36.3 Å². The van der Waals surface area contributed by atoms with Crippen LogP contribution in [0, 0.1) is 11.8 Å². The lowest BCUT2D eigenvalue weighted by molar-refractivity contribution is 0.0957. The van der Waals surface area contributed by atoms with Crippen molar-refractivity contribution in [3.05, 3.63) is 29.3 Å². The maximum atomic E-state index is 11.9. The predicted octanol–water partition coefficient (Wildman–Crippen LogP) is 2.74. The molecule has 3 atom stereocenters. The maximum Gasteiger partial charge on any atom is 0.255 e. The van der Waals surface area contributed by atoms with Crippen molar-refractivity contribution in [3.8, 4) is 5.75 Å². The van der Waals surface area contributed by atoms with Crippen molar-refractivity contribution in [2.45, 2.75) is 18.7 Å². The maximum absolute atomic E-state index is 11.9. The van der Waals surface area contributed by atoms with E-state index >= 15 is 0 Å². The largest absolute Gasteiger partial charge is 0.491 e. The first-order valence-electron chi connectivity index (χ1n) is 6.36. The second kappa shape index (κ2) is 4.47. The van der Waals surface area contributed by atoms with Crippen molar-refractivity contribution >= 4 is 17.5 Å². The highest BCUT2D eigenvalue weighted by Crippen LogP contribution is 2.50. The van der Waals surface area contributed by atoms with Crippen LogP contribution in [0.5, 0.6) is 5.75 Å². The summed E-state index contributed by atoms with van der Waals surface area (Å²) in [6.45, 7) is 3.27. The second-order valence-electron chi connectivity index (χ2n) is 5.14. The molecular weight excluding hydrogens is 250 g/mol. The molecule has 96 valence electrons. The molecule has 1 saturated carbocycles. The van der Waals surface area contributed by atoms with Crippen LogP contribution in [0.25, 0.3) is 0 Å². The molecule has 0 saturated heterocycles. The molecule has 1 fully saturated rings. The summed E-state index contributed by atoms with van der Waals surface area (Å²) in [7, 11) is 0. The summed E-state index contributed by atoms with van der Waals surface area (Å²) < 4.78 is 5.52. The van der Waals surface area contributed by atoms with Gasteiger partial charge in [0.1, 0.15) is 12.4 Å². The summed E-state index contributed by atoms with van der Waals surface area (Å²) in [6, 6.07) is 5.71. The molecule has 0 aromatic heterocycles. The Bertz CT molecular complexity index is 489. The van der Waals surface area contributed by atoms with Crippen LogP contribution >= 0.6 is 11.6 Å². The van der Waals surface area contributed by atoms with Crippen LogP contribution in [-0.2, 0) is 0 Å². The first-order chi connectivity index (χ1) is 8.66. The van der Waals surface area contributed by atoms with E-state index in [-0.39, 0.29) is 11.3 Å². The Morgan fingerprint density at radius 2 is 2.28 bits per heavy atom. The molecule has 18 heavy (non-hydrogen) atoms. The third-order valence-electron chi connectivity index (χ3n) is 3.76. The average molecular weight is 266 g/mol. The molecule has 3 unspecified atom stereocenters. The van der Waals surface area contributed by atoms with Gasteiger partial charge in [-0.25, -0.2) is 0 Å². The fourth-order valence-electron chi connectivity index (χ4n) is 2.45. The SMILES string of the molecule is CC1CC1C(Cl)c1ccc2c(c1)C(=O)NCCO2. The van der Waals surface area contributed by atoms with E-state index in [1.807, 2.05) is 18.2 Å². The summed E-state index contributed by atoms with van der Waals surface area (Å²) in [6.07, 6.45) is 1.17. The molecule has 3 rings (SSSR count). The summed E-state index contributed by atoms with van der Waals surface area (Å²) in [5.74, 6) is 1.81. The molecule has 1 aliphatic carbocycles. The van der Waals surface area contributed by atoms with Gasteiger partial charge in [0.15, 0.2) is 0 Å². The van der Waals surface area contributed by atoms with Crippen LogP contribution in [0.3, 0.4) is 0 Å². The van der Waals surface area contributed by atoms with Gasteiger partial charge in [-0.2, -0.15) is 0 Å². The standard InChI is InChI=1S/C14H16ClNO2/c1-8-6-10(8)13(15)9-2-3-12-11(7-9)14(17)16-4-5-18-12/h2-3,7-8,10,13H,4-6H2,1H3,(H,16,17). The quantitative estimate of drug-likeness (QED) is 0.835. The summed E-state index contributed by atoms with van der Waals surface area (Å²) in [5, 5.41) is 2.81. The molecule has 2 aliphatic rings. The highest BCUT2D eigenvalue weighted by Gasteiger charge is 2.39. The molecule has 1 aromatic carbocycles. The van der Waals surface area contributed by atoms with Gasteiger partial charge < -0.3 is 10.1 Å². The van der Waals surface area contributed by atoms with Crippen molar-refractivity contribution in [1.29, 1.82) is 0 Å². The minimum absolute atomic E-state index is 0.00125. The zero-order valence-electron chi connectivity index (χ0n) is 10.3. The first-order valence-corrected chi connectivity index (χ1v) is 6.79. The summed E-state index contributed by atoms with van der Waals surface area (Å²) in [4.78, 5) is 11.9. The van der Waals surface area contributed by atoms with Crippen LogP contribution < -0.4 is 10.1 Å². The monoisotopic (exact) mass is 265 g/mol. The number of hydrogen-bond acceptors (Lipinski definition) is 2. The van der Waals surface area contributed by atoms with Crippen LogP contribution in [-0.4, -0.2) is 19.1 Å². The fraction of sp³-hybridized carbons (Fsp3) is 0.500. The van der Waals surface area contributed by atoms with Crippen LogP contribution in [0.15, 0.2) is 18.2 Å². The molecule has 1 aliphatic heterocycles. The van der Waals surface area contributed by atoms with E-state index in [2.05, 4.69) is 12.2 Å². The summed E-state index contributed by atoms with van der Waals surface area (Å²) >= 11 is 6.46. The number of benzene rings is 1. The minimum atomic E-state index is -0.0722. The lowest BCUT2D eigenvalue weighted by Gasteiger charge is -2.12. The van der Waals surface area contributed by atoms with E-state index in [0.717, 1.165) is 5.56 Å². The lowest BCUT2D eigenvalue weighted by Crippen LogP contribution is -2.24. The minimum Gasteiger partial charge on any atom is -0.491 e. The molecule has 0 radical (unpaired) electrons. The molecule has 0 spiro atoms. The number of alkyl halides is 1. The van der Waals surface area contributed by atoms with E-state index in [1.165, 1.54) is 6.42 Å². The van der Waals surface area contributed by atoms with E-state index in [1.54, 1.807) is 0 Å². The smallest absolute Gasteiger partial charge is 0.255 e. The van der Waals surface area contributed by atoms with Crippen LogP contribution in [0.2, 0.25) is 0 Å². The molecule has 1 amide bonds. The Morgan fingerprint density at radius 1 is 1.50 bits per heavy atom. The zero-order valence-corrected chi connectivity index (χ0v) is 11.0.